The van der Waals surface area contributed by atoms with Crippen molar-refractivity contribution in [3.8, 4) is 34.5 Å². The molecule has 114 heavy (non-hydrogen) atoms. The first kappa shape index (κ1) is 115. The van der Waals surface area contributed by atoms with E-state index < -0.39 is 42.2 Å². The quantitative estimate of drug-likeness (QED) is 0.0405. The van der Waals surface area contributed by atoms with Gasteiger partial charge < -0.3 is 85.3 Å². The minimum absolute atomic E-state index is 0.475. The Balaban J connectivity index is -0.000000714. The van der Waals surface area contributed by atoms with Crippen molar-refractivity contribution in [2.75, 3.05) is 205 Å². The molecule has 0 saturated carbocycles. The van der Waals surface area contributed by atoms with Gasteiger partial charge in [0.15, 0.2) is 34.5 Å². The van der Waals surface area contributed by atoms with Crippen molar-refractivity contribution in [3.05, 3.63) is 72.8 Å². The third kappa shape index (κ3) is 101. The minimum Gasteiger partial charge on any atom is -0.487 e. The average Bonchev–Trinajstić information content (AvgIpc) is 0.906. The molecule has 0 heterocycles. The predicted molar refractivity (Wildman–Crippen MR) is 435 cm³/mol. The molecular formula is C79H142O31S4. The van der Waals surface area contributed by atoms with Crippen LogP contribution in [0, 0.1) is 0 Å². The van der Waals surface area contributed by atoms with Crippen LogP contribution in [0.5, 0.6) is 34.5 Å². The Morgan fingerprint density at radius 2 is 0.333 bits per heavy atom. The maximum atomic E-state index is 9.33. The smallest absolute Gasteiger partial charge is 0.425 e. The van der Waals surface area contributed by atoms with Gasteiger partial charge in [0.1, 0.15) is 39.6 Å². The Kier molecular flexibility index (Phi) is 97.4. The zero-order valence-electron chi connectivity index (χ0n) is 69.4. The summed E-state index contributed by atoms with van der Waals surface area (Å²) >= 11 is 0. The Hall–Kier alpha value is -5.29. The molecule has 0 amide bonds. The number of ether oxygens (including phenoxy) is 18. The molecule has 3 rings (SSSR count). The molecule has 3 aromatic carbocycles. The fourth-order valence-electron chi connectivity index (χ4n) is 9.05. The Bertz CT molecular complexity index is 2500. The lowest BCUT2D eigenvalue weighted by molar-refractivity contribution is 0.0321. The largest absolute Gasteiger partial charge is 0.487 e. The lowest BCUT2D eigenvalue weighted by Crippen LogP contribution is -2.13. The lowest BCUT2D eigenvalue weighted by atomic mass is 10.2. The first-order valence-electron chi connectivity index (χ1n) is 40.2. The molecule has 0 spiro atoms. The molecule has 0 radical (unpaired) electrons. The third-order valence-electron chi connectivity index (χ3n) is 14.8. The summed E-state index contributed by atoms with van der Waals surface area (Å²) in [7, 11) is -12.6. The maximum Gasteiger partial charge on any atom is 0.425 e. The molecule has 3 aromatic rings. The Labute approximate surface area is 687 Å². The van der Waals surface area contributed by atoms with E-state index in [1.807, 2.05) is 72.8 Å². The van der Waals surface area contributed by atoms with E-state index >= 15 is 0 Å². The standard InChI is InChI=1S/3C26H46O6.CH4O4S.3O3S/c3*1-3-5-7-11-15-27-17-19-29-21-23-31-25-13-9-10-14-26(25)32-24-22-30-20-18-28-16-12-8-6-4-2;1-5-6(2,3)4;3*1-4(2)3/h3*9-10,13-14H,3-8,11-12,15-24H2,1-2H3;1H3,(H,2,3,4);;;. The van der Waals surface area contributed by atoms with Crippen LogP contribution in [-0.4, -0.2) is 256 Å². The van der Waals surface area contributed by atoms with Gasteiger partial charge in [0.05, 0.1) is 126 Å². The van der Waals surface area contributed by atoms with E-state index in [0.717, 1.165) is 120 Å². The normalized spacial score (nSPS) is 10.6. The maximum absolute atomic E-state index is 9.33. The molecule has 0 aliphatic carbocycles. The highest BCUT2D eigenvalue weighted by Crippen LogP contribution is 2.28. The number of hydrogen-bond donors (Lipinski definition) is 1. The molecule has 0 unspecified atom stereocenters. The van der Waals surface area contributed by atoms with E-state index in [2.05, 4.69) is 45.7 Å². The second kappa shape index (κ2) is 96.5. The van der Waals surface area contributed by atoms with Crippen LogP contribution in [0.3, 0.4) is 0 Å². The van der Waals surface area contributed by atoms with Crippen molar-refractivity contribution >= 4 is 42.2 Å². The van der Waals surface area contributed by atoms with Gasteiger partial charge in [0, 0.05) is 39.6 Å². The van der Waals surface area contributed by atoms with Crippen LogP contribution in [0.2, 0.25) is 0 Å². The molecule has 0 bridgehead atoms. The van der Waals surface area contributed by atoms with E-state index in [1.165, 1.54) is 116 Å². The number of benzene rings is 3. The second-order valence-corrected chi connectivity index (χ2v) is 26.8. The van der Waals surface area contributed by atoms with Crippen LogP contribution >= 0.6 is 0 Å². The van der Waals surface area contributed by atoms with Gasteiger partial charge in [-0.1, -0.05) is 194 Å². The number of para-hydroxylation sites is 6. The summed E-state index contributed by atoms with van der Waals surface area (Å²) < 4.78 is 207. The monoisotopic (exact) mass is 1710 g/mol. The highest BCUT2D eigenvalue weighted by atomic mass is 32.3. The fraction of sp³-hybridized carbons (Fsp3) is 0.772. The van der Waals surface area contributed by atoms with Gasteiger partial charge in [-0.05, 0) is 74.9 Å². The molecule has 668 valence electrons. The van der Waals surface area contributed by atoms with Gasteiger partial charge in [-0.3, -0.25) is 8.74 Å². The number of unbranched alkanes of at least 4 members (excludes halogenated alkanes) is 18. The van der Waals surface area contributed by atoms with Crippen molar-refractivity contribution in [2.45, 2.75) is 196 Å². The van der Waals surface area contributed by atoms with Crippen molar-refractivity contribution in [1.82, 2.24) is 0 Å². The summed E-state index contributed by atoms with van der Waals surface area (Å²) in [6, 6.07) is 23.0. The van der Waals surface area contributed by atoms with E-state index in [9.17, 15) is 8.42 Å². The SMILES string of the molecule is CCCCCCOCCOCCOc1ccccc1OCCOCCOCCCCCC.CCCCCCOCCOCCOc1ccccc1OCCOCCOCCCCCC.CCCCCCOCCOCCOc1ccccc1OCCOCCOCCCCCC.COS(=O)(=O)O.O=S(=O)=O.O=S(=O)=O.O=S(=O)=O. The van der Waals surface area contributed by atoms with Crippen LogP contribution in [0.25, 0.3) is 0 Å². The fourth-order valence-corrected chi connectivity index (χ4v) is 9.05. The second-order valence-electron chi connectivity index (χ2n) is 24.4. The van der Waals surface area contributed by atoms with Gasteiger partial charge in [-0.15, -0.1) is 37.9 Å². The van der Waals surface area contributed by atoms with E-state index in [4.69, 9.17) is 128 Å². The molecule has 0 aromatic heterocycles. The summed E-state index contributed by atoms with van der Waals surface area (Å²) in [4.78, 5) is 0. The summed E-state index contributed by atoms with van der Waals surface area (Å²) in [5.41, 5.74) is 0. The van der Waals surface area contributed by atoms with Gasteiger partial charge >= 0.3 is 42.2 Å². The molecule has 0 saturated heterocycles. The highest BCUT2D eigenvalue weighted by Gasteiger charge is 2.09. The van der Waals surface area contributed by atoms with E-state index in [0.29, 0.717) is 159 Å². The number of hydrogen-bond acceptors (Lipinski definition) is 30. The van der Waals surface area contributed by atoms with Crippen LogP contribution in [0.15, 0.2) is 72.8 Å². The highest BCUT2D eigenvalue weighted by molar-refractivity contribution is 7.80. The van der Waals surface area contributed by atoms with Gasteiger partial charge in [-0.2, -0.15) is 8.42 Å². The van der Waals surface area contributed by atoms with Crippen LogP contribution < -0.4 is 28.4 Å². The third-order valence-corrected chi connectivity index (χ3v) is 15.2. The molecule has 0 atom stereocenters. The van der Waals surface area contributed by atoms with Gasteiger partial charge in [0.25, 0.3) is 0 Å². The molecule has 0 fully saturated rings. The van der Waals surface area contributed by atoms with E-state index in [-0.39, 0.29) is 0 Å². The molecule has 35 heteroatoms. The Morgan fingerprint density at radius 3 is 0.447 bits per heavy atom. The minimum atomic E-state index is -4.16. The van der Waals surface area contributed by atoms with Gasteiger partial charge in [-0.25, -0.2) is 0 Å². The van der Waals surface area contributed by atoms with Crippen molar-refractivity contribution in [1.29, 1.82) is 0 Å². The van der Waals surface area contributed by atoms with E-state index in [1.54, 1.807) is 0 Å². The predicted octanol–water partition coefficient (Wildman–Crippen LogP) is 13.4. The lowest BCUT2D eigenvalue weighted by Gasteiger charge is -2.13. The first-order valence-corrected chi connectivity index (χ1v) is 44.6. The molecule has 0 aliphatic rings. The summed E-state index contributed by atoms with van der Waals surface area (Å²) in [5.74, 6) is 4.33. The summed E-state index contributed by atoms with van der Waals surface area (Å²) in [6.45, 7) is 31.5. The molecule has 31 nitrogen and oxygen atoms in total. The summed E-state index contributed by atoms with van der Waals surface area (Å²) in [6.07, 6.45) is 29.4. The van der Waals surface area contributed by atoms with Crippen molar-refractivity contribution in [2.24, 2.45) is 0 Å². The average molecular weight is 1720 g/mol. The Morgan fingerprint density at radius 1 is 0.219 bits per heavy atom. The van der Waals surface area contributed by atoms with Gasteiger partial charge in [0.2, 0.25) is 0 Å². The van der Waals surface area contributed by atoms with Crippen LogP contribution in [-0.2, 0) is 103 Å². The molecule has 0 aliphatic heterocycles. The van der Waals surface area contributed by atoms with Crippen molar-refractivity contribution in [3.63, 3.8) is 0 Å². The van der Waals surface area contributed by atoms with Crippen LogP contribution in [0.4, 0.5) is 0 Å². The zero-order valence-corrected chi connectivity index (χ0v) is 72.7. The van der Waals surface area contributed by atoms with Crippen LogP contribution in [0.1, 0.15) is 196 Å². The molecule has 1 N–H and O–H groups in total. The number of rotatable bonds is 73. The zero-order chi connectivity index (χ0) is 84.8. The topological polar surface area (TPSA) is 383 Å². The summed E-state index contributed by atoms with van der Waals surface area (Å²) in [5, 5.41) is 0. The first-order chi connectivity index (χ1) is 55.4. The molecular weight excluding hydrogens is 1570 g/mol. The van der Waals surface area contributed by atoms with Crippen molar-refractivity contribution < 1.29 is 140 Å².